The maximum atomic E-state index is 13.3. The fourth-order valence-electron chi connectivity index (χ4n) is 5.42. The Labute approximate surface area is 313 Å². The average Bonchev–Trinajstić information content (AvgIpc) is 3.47. The summed E-state index contributed by atoms with van der Waals surface area (Å²) in [4.78, 5) is 25.8. The van der Waals surface area contributed by atoms with Crippen molar-refractivity contribution in [2.45, 2.75) is 70.9 Å². The number of aromatic carboxylic acids is 1. The van der Waals surface area contributed by atoms with E-state index >= 15 is 0 Å². The number of hydrogen-bond donors (Lipinski definition) is 1. The van der Waals surface area contributed by atoms with E-state index in [-0.39, 0.29) is 51.5 Å². The molecule has 1 heterocycles. The van der Waals surface area contributed by atoms with Crippen LogP contribution in [0.25, 0.3) is 6.08 Å². The smallest absolute Gasteiger partial charge is 0.340 e. The molecule has 6 atom stereocenters. The maximum absolute atomic E-state index is 13.3. The van der Waals surface area contributed by atoms with Gasteiger partial charge in [-0.2, -0.15) is 0 Å². The molecule has 1 fully saturated rings. The number of esters is 1. The lowest BCUT2D eigenvalue weighted by molar-refractivity contribution is -0.152. The molecule has 11 nitrogen and oxygen atoms in total. The lowest BCUT2D eigenvalue weighted by Gasteiger charge is -2.25. The molecule has 1 aliphatic heterocycles. The van der Waals surface area contributed by atoms with E-state index in [4.69, 9.17) is 38.6 Å². The molecule has 0 bridgehead atoms. The molecule has 52 heavy (non-hydrogen) atoms. The number of ether oxygens (including phenoxy) is 7. The van der Waals surface area contributed by atoms with Gasteiger partial charge in [0.05, 0.1) is 26.2 Å². The molecule has 4 rings (SSSR count). The Hall–Kier alpha value is -3.90. The van der Waals surface area contributed by atoms with Crippen LogP contribution in [0.15, 0.2) is 85.0 Å². The molecule has 1 N–H and O–H groups in total. The second-order valence-corrected chi connectivity index (χ2v) is 13.4. The zero-order valence-electron chi connectivity index (χ0n) is 31.1. The summed E-state index contributed by atoms with van der Waals surface area (Å²) in [5, 5.41) is 10.2. The van der Waals surface area contributed by atoms with Crippen LogP contribution in [0.1, 0.15) is 66.0 Å². The van der Waals surface area contributed by atoms with Gasteiger partial charge in [0.2, 0.25) is 0 Å². The zero-order valence-corrected chi connectivity index (χ0v) is 31.9. The first-order valence-electron chi connectivity index (χ1n) is 17.2. The van der Waals surface area contributed by atoms with Crippen LogP contribution < -0.4 is 14.2 Å². The molecule has 280 valence electrons. The van der Waals surface area contributed by atoms with Gasteiger partial charge in [0.1, 0.15) is 41.6 Å². The number of hydrogen-bond acceptors (Lipinski definition) is 11. The predicted molar refractivity (Wildman–Crippen MR) is 203 cm³/mol. The quantitative estimate of drug-likeness (QED) is 0.0393. The van der Waals surface area contributed by atoms with Gasteiger partial charge < -0.3 is 42.4 Å². The highest BCUT2D eigenvalue weighted by Gasteiger charge is 2.45. The minimum absolute atomic E-state index is 0.0670. The third-order valence-corrected chi connectivity index (χ3v) is 8.91. The first-order chi connectivity index (χ1) is 25.4. The van der Waals surface area contributed by atoms with Crippen LogP contribution in [-0.4, -0.2) is 69.5 Å². The highest BCUT2D eigenvalue weighted by atomic mass is 32.7. The largest absolute Gasteiger partial charge is 0.497 e. The van der Waals surface area contributed by atoms with Gasteiger partial charge in [-0.15, -0.1) is 0 Å². The number of carbonyl (C=O) groups is 2. The van der Waals surface area contributed by atoms with E-state index in [1.54, 1.807) is 69.5 Å². The molecule has 2 unspecified atom stereocenters. The zero-order chi connectivity index (χ0) is 38.4. The third kappa shape index (κ3) is 11.8. The van der Waals surface area contributed by atoms with E-state index in [1.807, 2.05) is 50.3 Å². The van der Waals surface area contributed by atoms with E-state index in [0.717, 1.165) is 23.0 Å². The summed E-state index contributed by atoms with van der Waals surface area (Å²) >= 11 is 1.09. The first-order valence-corrected chi connectivity index (χ1v) is 18.7. The number of benzene rings is 3. The van der Waals surface area contributed by atoms with Crippen LogP contribution in [0.4, 0.5) is 0 Å². The van der Waals surface area contributed by atoms with E-state index in [0.29, 0.717) is 16.9 Å². The van der Waals surface area contributed by atoms with Gasteiger partial charge >= 0.3 is 11.9 Å². The van der Waals surface area contributed by atoms with Gasteiger partial charge in [0, 0.05) is 30.8 Å². The molecule has 3 aromatic carbocycles. The summed E-state index contributed by atoms with van der Waals surface area (Å²) < 4.78 is 53.8. The van der Waals surface area contributed by atoms with Crippen molar-refractivity contribution in [3.05, 3.63) is 107 Å². The van der Waals surface area contributed by atoms with E-state index in [9.17, 15) is 14.7 Å². The Morgan fingerprint density at radius 3 is 2.44 bits per heavy atom. The fraction of sp³-hybridized carbons (Fsp3) is 0.385. The van der Waals surface area contributed by atoms with E-state index < -0.39 is 36.0 Å². The van der Waals surface area contributed by atoms with Gasteiger partial charge in [-0.05, 0) is 83.1 Å². The van der Waals surface area contributed by atoms with Crippen LogP contribution in [-0.2, 0) is 29.7 Å². The lowest BCUT2D eigenvalue weighted by Crippen LogP contribution is -2.37. The van der Waals surface area contributed by atoms with Crippen molar-refractivity contribution in [1.82, 2.24) is 0 Å². The highest BCUT2D eigenvalue weighted by molar-refractivity contribution is 8.40. The summed E-state index contributed by atoms with van der Waals surface area (Å²) in [5.41, 5.74) is 1.55. The molecular weight excluding hydrogens is 707 g/mol. The number of carboxylic acid groups (broad SMARTS) is 1. The summed E-state index contributed by atoms with van der Waals surface area (Å²) in [6.45, 7) is 7.50. The minimum atomic E-state index is -1.19. The average molecular weight is 757 g/mol. The Balaban J connectivity index is 1.62. The normalized spacial score (nSPS) is 19.1. The van der Waals surface area contributed by atoms with Crippen molar-refractivity contribution >= 4 is 38.1 Å². The third-order valence-electron chi connectivity index (χ3n) is 8.23. The highest BCUT2D eigenvalue weighted by Crippen LogP contribution is 2.35. The number of carbonyl (C=O) groups excluding carboxylic acids is 1. The second kappa shape index (κ2) is 19.8. The Morgan fingerprint density at radius 2 is 1.77 bits per heavy atom. The van der Waals surface area contributed by atoms with Crippen LogP contribution in [0.2, 0.25) is 0 Å². The maximum Gasteiger partial charge on any atom is 0.340 e. The Kier molecular flexibility index (Phi) is 15.0. The Bertz CT molecular complexity index is 1690. The van der Waals surface area contributed by atoms with Crippen molar-refractivity contribution in [3.63, 3.8) is 0 Å². The van der Waals surface area contributed by atoms with Crippen molar-refractivity contribution in [1.29, 1.82) is 1.28 Å². The SMILES string of the molecule is [3H]PSO[C@@H](C)[C@H](C)/C=C\C(OC(=O)c1ccccc1)[C@H]1OC(C)(C)O[C@@H]1C/C=C/c1cc(OCc2ccc(OC)cc2)cc(OCOC)c1C(=O)O. The Morgan fingerprint density at radius 1 is 1.02 bits per heavy atom. The first kappa shape index (κ1) is 39.3. The summed E-state index contributed by atoms with van der Waals surface area (Å²) in [5.74, 6) is -1.61. The predicted octanol–water partition coefficient (Wildman–Crippen LogP) is 8.14. The lowest BCUT2D eigenvalue weighted by atomic mass is 9.99. The van der Waals surface area contributed by atoms with Gasteiger partial charge in [0.15, 0.2) is 12.6 Å². The van der Waals surface area contributed by atoms with E-state index in [2.05, 4.69) is 0 Å². The van der Waals surface area contributed by atoms with Crippen molar-refractivity contribution in [3.8, 4) is 17.2 Å². The van der Waals surface area contributed by atoms with Crippen LogP contribution in [0.5, 0.6) is 17.2 Å². The number of methoxy groups -OCH3 is 2. The molecule has 0 saturated carbocycles. The summed E-state index contributed by atoms with van der Waals surface area (Å²) in [6.07, 6.45) is 5.07. The summed E-state index contributed by atoms with van der Waals surface area (Å²) in [7, 11) is 2.88. The molecule has 1 aliphatic rings. The van der Waals surface area contributed by atoms with Gasteiger partial charge in [-0.3, -0.25) is 0 Å². The molecule has 0 amide bonds. The fourth-order valence-corrected chi connectivity index (χ4v) is 6.20. The molecule has 0 aromatic heterocycles. The van der Waals surface area contributed by atoms with Gasteiger partial charge in [-0.25, -0.2) is 9.59 Å². The topological polar surface area (TPSA) is 128 Å². The standard InChI is InChI=1S/C39H47O11PS/c1-25(26(2)50-52-51)15-20-32(47-38(42)28-11-8-7-9-12-28)36-33(48-39(3,4)49-36)14-10-13-29-21-31(22-34(46-24-43-5)35(29)37(40)41)45-23-27-16-18-30(44-6)19-17-27/h7-13,15-22,25-26,32-33,36H,14,23-24,51H2,1-6H3,(H,40,41)/b13-10+,20-15-/t25-,26+,32?,33-,36-/m1/s1/i51T/t25-,26+,32?,33-,36-,51?. The van der Waals surface area contributed by atoms with Crippen LogP contribution in [0.3, 0.4) is 0 Å². The number of rotatable bonds is 20. The van der Waals surface area contributed by atoms with Crippen molar-refractivity contribution < 1.29 is 52.0 Å². The number of carboxylic acids is 1. The van der Waals surface area contributed by atoms with E-state index in [1.165, 1.54) is 13.2 Å². The minimum Gasteiger partial charge on any atom is -0.497 e. The van der Waals surface area contributed by atoms with Crippen molar-refractivity contribution in [2.24, 2.45) is 5.92 Å². The molecule has 1 saturated heterocycles. The molecule has 0 radical (unpaired) electrons. The van der Waals surface area contributed by atoms with Crippen LogP contribution in [0, 0.1) is 5.92 Å². The molecule has 0 spiro atoms. The van der Waals surface area contributed by atoms with Crippen LogP contribution >= 0.6 is 20.0 Å². The summed E-state index contributed by atoms with van der Waals surface area (Å²) in [6, 6.07) is 19.3. The van der Waals surface area contributed by atoms with Gasteiger partial charge in [-0.1, -0.05) is 55.5 Å². The van der Waals surface area contributed by atoms with Gasteiger partial charge in [0.25, 0.3) is 0 Å². The molecule has 0 aliphatic carbocycles. The monoisotopic (exact) mass is 756 g/mol. The molecular formula is C39H47O11PS. The van der Waals surface area contributed by atoms with Crippen molar-refractivity contribution in [2.75, 3.05) is 21.0 Å². The molecule has 3 aromatic rings. The molecule has 13 heteroatoms. The second-order valence-electron chi connectivity index (χ2n) is 12.5.